The minimum atomic E-state index is -2.22. The van der Waals surface area contributed by atoms with Gasteiger partial charge in [-0.1, -0.05) is 44.2 Å². The van der Waals surface area contributed by atoms with Crippen molar-refractivity contribution in [3.63, 3.8) is 0 Å². The number of fused-ring (bicyclic) bond motifs is 6. The monoisotopic (exact) mass is 865 g/mol. The van der Waals surface area contributed by atoms with Crippen molar-refractivity contribution in [3.8, 4) is 5.75 Å². The highest BCUT2D eigenvalue weighted by atomic mass is 16.6. The number of carbonyl (C=O) groups excluding carboxylic acids is 3. The Morgan fingerprint density at radius 1 is 1.02 bits per heavy atom. The molecule has 3 fully saturated rings. The molecule has 1 aliphatic carbocycles. The molecule has 3 aromatic rings. The number of para-hydroxylation sites is 1. The van der Waals surface area contributed by atoms with Gasteiger partial charge in [0, 0.05) is 97.5 Å². The average Bonchev–Trinajstić information content (AvgIpc) is 3.94. The minimum Gasteiger partial charge on any atom is -0.496 e. The Balaban J connectivity index is 1.33. The van der Waals surface area contributed by atoms with Crippen LogP contribution in [0.15, 0.2) is 48.6 Å². The largest absolute Gasteiger partial charge is 0.496 e. The molecular weight excluding hydrogens is 801 g/mol. The number of nitrogens with zero attached hydrogens (tertiary/aromatic N) is 3. The number of aromatic nitrogens is 1. The summed E-state index contributed by atoms with van der Waals surface area (Å²) in [6.45, 7) is 9.54. The smallest absolute Gasteiger partial charge is 0.322 e. The molecule has 14 heteroatoms. The predicted molar refractivity (Wildman–Crippen MR) is 240 cm³/mol. The van der Waals surface area contributed by atoms with Crippen molar-refractivity contribution in [3.05, 3.63) is 77.4 Å². The summed E-state index contributed by atoms with van der Waals surface area (Å²) in [6, 6.07) is 11.1. The van der Waals surface area contributed by atoms with Crippen molar-refractivity contribution >= 4 is 34.4 Å². The van der Waals surface area contributed by atoms with Crippen LogP contribution in [0.1, 0.15) is 75.3 Å². The number of piperidine rings is 1. The molecule has 1 amide bonds. The van der Waals surface area contributed by atoms with E-state index in [2.05, 4.69) is 49.7 Å². The molecule has 2 bridgehead atoms. The number of aromatic amines is 1. The van der Waals surface area contributed by atoms with Crippen LogP contribution in [-0.4, -0.2) is 146 Å². The molecule has 1 radical (unpaired) electrons. The Bertz CT molecular complexity index is 2330. The number of hydrogen-bond acceptors (Lipinski definition) is 12. The van der Waals surface area contributed by atoms with E-state index >= 15 is 9.59 Å². The number of carbonyl (C=O) groups is 3. The maximum absolute atomic E-state index is 15.4. The Labute approximate surface area is 370 Å². The predicted octanol–water partition coefficient (Wildman–Crippen LogP) is 3.36. The van der Waals surface area contributed by atoms with Gasteiger partial charge in [-0.25, -0.2) is 0 Å². The van der Waals surface area contributed by atoms with Crippen LogP contribution in [0, 0.1) is 17.8 Å². The molecule has 2 aromatic carbocycles. The molecule has 1 saturated carbocycles. The molecular formula is C49H65N6O8. The van der Waals surface area contributed by atoms with Crippen LogP contribution in [0.25, 0.3) is 10.9 Å². The number of nitrogens with one attached hydrogen (secondary N) is 3. The van der Waals surface area contributed by atoms with Crippen molar-refractivity contribution in [2.75, 3.05) is 79.0 Å². The quantitative estimate of drug-likeness (QED) is 0.109. The highest BCUT2D eigenvalue weighted by molar-refractivity contribution is 5.95. The van der Waals surface area contributed by atoms with Gasteiger partial charge in [-0.05, 0) is 94.3 Å². The third-order valence-electron chi connectivity index (χ3n) is 16.1. The fraction of sp³-hybridized carbons (Fsp3) is 0.592. The highest BCUT2D eigenvalue weighted by Crippen LogP contribution is 2.68. The van der Waals surface area contributed by atoms with E-state index in [-0.39, 0.29) is 18.4 Å². The van der Waals surface area contributed by atoms with Gasteiger partial charge in [-0.15, -0.1) is 0 Å². The molecule has 5 unspecified atom stereocenters. The van der Waals surface area contributed by atoms with Crippen molar-refractivity contribution in [2.45, 2.75) is 99.5 Å². The summed E-state index contributed by atoms with van der Waals surface area (Å²) in [5.74, 6) is -1.37. The standard InChI is InChI=1S/C49H65N6O8/c1-8-45(59)26-31-27-48(44(58)62-7,39-33(16-22-54(28-31)29-45)32-14-10-11-15-36(32)52-39)35-24-34-37(25-38(35)61-6)53(5)41-47(34)18-23-55-21-12-17-46(9-2,40(47)55)42(63-30(3)56)49(41,60)43(57)51-20-13-19-50-4/h10-12,14-15,17,24-26,31,40-42,50,52,59-60H,8-9,13,16,18-23,27-29H2,1-7H3,(H,51,57)/t31?,40?,41?,42-,45+,46-,47?,48+,49+/m1/s1. The lowest BCUT2D eigenvalue weighted by molar-refractivity contribution is -0.218. The Morgan fingerprint density at radius 2 is 1.81 bits per heavy atom. The van der Waals surface area contributed by atoms with E-state index in [0.29, 0.717) is 89.2 Å². The van der Waals surface area contributed by atoms with Crippen molar-refractivity contribution < 1.29 is 38.8 Å². The Morgan fingerprint density at radius 3 is 2.52 bits per heavy atom. The number of methoxy groups -OCH3 is 2. The maximum Gasteiger partial charge on any atom is 0.322 e. The number of H-pyrrole nitrogens is 1. The zero-order valence-corrected chi connectivity index (χ0v) is 37.9. The second-order valence-corrected chi connectivity index (χ2v) is 19.2. The molecule has 339 valence electrons. The summed E-state index contributed by atoms with van der Waals surface area (Å²) >= 11 is 0. The molecule has 2 saturated heterocycles. The third-order valence-corrected chi connectivity index (χ3v) is 16.1. The first-order valence-corrected chi connectivity index (χ1v) is 22.9. The molecule has 6 heterocycles. The first-order chi connectivity index (χ1) is 30.2. The van der Waals surface area contributed by atoms with Gasteiger partial charge in [0.1, 0.15) is 11.2 Å². The van der Waals surface area contributed by atoms with E-state index in [1.165, 1.54) is 14.0 Å². The number of likely N-dealkylation sites (N-methyl/N-ethyl adjacent to an activating group) is 1. The highest BCUT2D eigenvalue weighted by Gasteiger charge is 2.80. The summed E-state index contributed by atoms with van der Waals surface area (Å²) in [4.78, 5) is 54.2. The van der Waals surface area contributed by atoms with Crippen LogP contribution in [0.4, 0.5) is 5.69 Å². The SMILES string of the molecule is CC[C@]1(O)[CH]C2CN(CCc3c([nH]c4ccccc34)[C@@](C(=O)OC)(c3cc4c(cc3OC)N(C)C3C45CCN4CC=C[C@](CC)(C45)[C@@H](OC(C)=O)[C@]3(O)C(=O)NCCCNC)C2)C1. The summed E-state index contributed by atoms with van der Waals surface area (Å²) in [5.41, 5.74) is -1.64. The molecule has 5 N–H and O–H groups in total. The Hall–Kier alpha value is -4.47. The first kappa shape index (κ1) is 43.8. The van der Waals surface area contributed by atoms with Gasteiger partial charge in [-0.3, -0.25) is 24.2 Å². The second-order valence-electron chi connectivity index (χ2n) is 19.2. The third kappa shape index (κ3) is 6.17. The molecule has 1 spiro atoms. The van der Waals surface area contributed by atoms with Crippen LogP contribution < -0.4 is 20.3 Å². The van der Waals surface area contributed by atoms with E-state index in [1.807, 2.05) is 63.5 Å². The molecule has 14 nitrogen and oxygen atoms in total. The molecule has 10 atom stereocenters. The number of esters is 2. The van der Waals surface area contributed by atoms with Crippen LogP contribution in [-0.2, 0) is 41.1 Å². The molecule has 9 rings (SSSR count). The summed E-state index contributed by atoms with van der Waals surface area (Å²) in [6.07, 6.45) is 8.15. The van der Waals surface area contributed by atoms with E-state index in [4.69, 9.17) is 14.2 Å². The van der Waals surface area contributed by atoms with Gasteiger partial charge in [-0.2, -0.15) is 0 Å². The summed E-state index contributed by atoms with van der Waals surface area (Å²) in [7, 11) is 6.81. The van der Waals surface area contributed by atoms with Crippen LogP contribution in [0.5, 0.6) is 5.75 Å². The van der Waals surface area contributed by atoms with E-state index in [1.54, 1.807) is 7.11 Å². The topological polar surface area (TPSA) is 169 Å². The fourth-order valence-electron chi connectivity index (χ4n) is 13.7. The van der Waals surface area contributed by atoms with Crippen molar-refractivity contribution in [1.29, 1.82) is 0 Å². The van der Waals surface area contributed by atoms with Gasteiger partial charge in [0.05, 0.1) is 25.9 Å². The second kappa shape index (κ2) is 15.9. The van der Waals surface area contributed by atoms with Crippen LogP contribution in [0.2, 0.25) is 0 Å². The van der Waals surface area contributed by atoms with Gasteiger partial charge >= 0.3 is 11.9 Å². The lowest BCUT2D eigenvalue weighted by atomic mass is 9.47. The molecule has 6 aliphatic rings. The number of anilines is 1. The average molecular weight is 866 g/mol. The van der Waals surface area contributed by atoms with E-state index in [9.17, 15) is 15.0 Å². The normalized spacial score (nSPS) is 35.4. The first-order valence-electron chi connectivity index (χ1n) is 22.9. The van der Waals surface area contributed by atoms with Gasteiger partial charge < -0.3 is 44.9 Å². The number of benzene rings is 2. The summed E-state index contributed by atoms with van der Waals surface area (Å²) in [5, 5.41) is 32.9. The number of hydrogen-bond donors (Lipinski definition) is 5. The fourth-order valence-corrected chi connectivity index (χ4v) is 13.7. The van der Waals surface area contributed by atoms with Gasteiger partial charge in [0.25, 0.3) is 5.91 Å². The van der Waals surface area contributed by atoms with E-state index < -0.39 is 57.4 Å². The summed E-state index contributed by atoms with van der Waals surface area (Å²) < 4.78 is 18.7. The number of aliphatic hydroxyl groups is 2. The number of ether oxygens (including phenoxy) is 3. The lowest BCUT2D eigenvalue weighted by Crippen LogP contribution is -2.82. The van der Waals surface area contributed by atoms with Crippen LogP contribution >= 0.6 is 0 Å². The minimum absolute atomic E-state index is 0.222. The molecule has 1 aromatic heterocycles. The van der Waals surface area contributed by atoms with Crippen molar-refractivity contribution in [1.82, 2.24) is 25.4 Å². The van der Waals surface area contributed by atoms with Crippen LogP contribution in [0.3, 0.4) is 0 Å². The Kier molecular flexibility index (Phi) is 11.0. The molecule has 5 aliphatic heterocycles. The molecule has 63 heavy (non-hydrogen) atoms. The number of rotatable bonds is 11. The maximum atomic E-state index is 15.4. The number of amides is 1. The lowest BCUT2D eigenvalue weighted by Gasteiger charge is -2.63. The van der Waals surface area contributed by atoms with Crippen molar-refractivity contribution in [2.24, 2.45) is 11.3 Å². The zero-order chi connectivity index (χ0) is 44.7. The zero-order valence-electron chi connectivity index (χ0n) is 37.9. The van der Waals surface area contributed by atoms with Gasteiger partial charge in [0.2, 0.25) is 5.60 Å². The van der Waals surface area contributed by atoms with E-state index in [0.717, 1.165) is 33.4 Å². The van der Waals surface area contributed by atoms with Gasteiger partial charge in [0.15, 0.2) is 6.10 Å².